The molecule has 0 unspecified atom stereocenters. The number of likely N-dealkylation sites (tertiary alicyclic amines) is 1. The van der Waals surface area contributed by atoms with Gasteiger partial charge in [-0.1, -0.05) is 37.0 Å². The van der Waals surface area contributed by atoms with E-state index >= 15 is 0 Å². The largest absolute Gasteiger partial charge is 0.356 e. The maximum absolute atomic E-state index is 13.1. The van der Waals surface area contributed by atoms with Gasteiger partial charge in [0.2, 0.25) is 5.91 Å². The summed E-state index contributed by atoms with van der Waals surface area (Å²) in [5.41, 5.74) is 2.89. The molecule has 1 aliphatic carbocycles. The van der Waals surface area contributed by atoms with Crippen LogP contribution in [0.2, 0.25) is 0 Å². The number of rotatable bonds is 6. The number of hydrogen-bond acceptors (Lipinski definition) is 3. The number of amides is 3. The third kappa shape index (κ3) is 6.25. The minimum absolute atomic E-state index is 0.0683. The molecule has 2 aromatic rings. The lowest BCUT2D eigenvalue weighted by Crippen LogP contribution is -2.46. The van der Waals surface area contributed by atoms with Gasteiger partial charge >= 0.3 is 0 Å². The number of aryl methyl sites for hydroxylation is 1. The van der Waals surface area contributed by atoms with Crippen LogP contribution in [0.25, 0.3) is 0 Å². The van der Waals surface area contributed by atoms with Gasteiger partial charge in [0.05, 0.1) is 5.92 Å². The predicted octanol–water partition coefficient (Wildman–Crippen LogP) is 4.80. The Balaban J connectivity index is 1.29. The first-order valence-electron chi connectivity index (χ1n) is 12.5. The Bertz CT molecular complexity index is 995. The second kappa shape index (κ2) is 11.3. The van der Waals surface area contributed by atoms with Crippen molar-refractivity contribution in [2.75, 3.05) is 25.0 Å². The second-order valence-electron chi connectivity index (χ2n) is 9.74. The number of carbonyl (C=O) groups is 3. The lowest BCUT2D eigenvalue weighted by Gasteiger charge is -2.32. The number of benzene rings is 2. The number of nitrogens with zero attached hydrogens (tertiary/aromatic N) is 1. The van der Waals surface area contributed by atoms with Crippen LogP contribution in [0, 0.1) is 18.8 Å². The van der Waals surface area contributed by atoms with Crippen molar-refractivity contribution in [3.05, 3.63) is 65.2 Å². The molecule has 180 valence electrons. The summed E-state index contributed by atoms with van der Waals surface area (Å²) in [6.07, 6.45) is 7.90. The highest BCUT2D eigenvalue weighted by molar-refractivity contribution is 6.04. The fourth-order valence-corrected chi connectivity index (χ4v) is 4.94. The first-order chi connectivity index (χ1) is 16.5. The molecule has 6 heteroatoms. The van der Waals surface area contributed by atoms with Crippen LogP contribution in [0.5, 0.6) is 0 Å². The minimum atomic E-state index is -0.183. The summed E-state index contributed by atoms with van der Waals surface area (Å²) >= 11 is 0. The van der Waals surface area contributed by atoms with Gasteiger partial charge in [0.15, 0.2) is 0 Å². The fraction of sp³-hybridized carbons (Fsp3) is 0.464. The number of hydrogen-bond donors (Lipinski definition) is 2. The molecule has 2 N–H and O–H groups in total. The number of carbonyl (C=O) groups excluding carboxylic acids is 3. The molecule has 1 saturated carbocycles. The molecule has 3 amide bonds. The fourth-order valence-electron chi connectivity index (χ4n) is 4.94. The molecule has 1 atom stereocenters. The number of nitrogens with one attached hydrogen (secondary N) is 2. The average Bonchev–Trinajstić information content (AvgIpc) is 2.88. The summed E-state index contributed by atoms with van der Waals surface area (Å²) in [6, 6.07) is 14.4. The van der Waals surface area contributed by atoms with Gasteiger partial charge in [-0.25, -0.2) is 0 Å². The summed E-state index contributed by atoms with van der Waals surface area (Å²) in [5.74, 6) is 0.286. The van der Waals surface area contributed by atoms with E-state index in [1.807, 2.05) is 19.1 Å². The zero-order chi connectivity index (χ0) is 23.9. The Labute approximate surface area is 202 Å². The highest BCUT2D eigenvalue weighted by Crippen LogP contribution is 2.24. The molecule has 0 spiro atoms. The van der Waals surface area contributed by atoms with E-state index in [-0.39, 0.29) is 23.6 Å². The van der Waals surface area contributed by atoms with E-state index in [1.165, 1.54) is 32.1 Å². The summed E-state index contributed by atoms with van der Waals surface area (Å²) in [6.45, 7) is 3.86. The molecule has 4 rings (SSSR count). The zero-order valence-electron chi connectivity index (χ0n) is 20.0. The molecule has 0 aromatic heterocycles. The molecule has 1 saturated heterocycles. The molecule has 2 fully saturated rings. The highest BCUT2D eigenvalue weighted by atomic mass is 16.2. The predicted molar refractivity (Wildman–Crippen MR) is 134 cm³/mol. The van der Waals surface area contributed by atoms with E-state index in [9.17, 15) is 14.4 Å². The van der Waals surface area contributed by atoms with Gasteiger partial charge in [-0.05, 0) is 74.9 Å². The monoisotopic (exact) mass is 461 g/mol. The van der Waals surface area contributed by atoms with Crippen LogP contribution >= 0.6 is 0 Å². The van der Waals surface area contributed by atoms with Gasteiger partial charge in [0.25, 0.3) is 11.8 Å². The van der Waals surface area contributed by atoms with Crippen molar-refractivity contribution in [2.24, 2.45) is 11.8 Å². The van der Waals surface area contributed by atoms with Gasteiger partial charge in [0, 0.05) is 36.4 Å². The number of anilines is 1. The maximum atomic E-state index is 13.1. The SMILES string of the molecule is Cc1ccc(C(=O)Nc2ccc(C(=O)N3CCC[C@H](C(=O)NCC4CCCCC4)C3)cc2)cc1. The van der Waals surface area contributed by atoms with Gasteiger partial charge < -0.3 is 15.5 Å². The normalized spacial score (nSPS) is 18.9. The van der Waals surface area contributed by atoms with Gasteiger partial charge in [-0.2, -0.15) is 0 Å². The van der Waals surface area contributed by atoms with Crippen LogP contribution in [0.3, 0.4) is 0 Å². The molecule has 34 heavy (non-hydrogen) atoms. The molecular formula is C28H35N3O3. The van der Waals surface area contributed by atoms with Crippen molar-refractivity contribution >= 4 is 23.4 Å². The summed E-state index contributed by atoms with van der Waals surface area (Å²) in [7, 11) is 0. The van der Waals surface area contributed by atoms with E-state index in [0.29, 0.717) is 35.8 Å². The Morgan fingerprint density at radius 3 is 2.24 bits per heavy atom. The maximum Gasteiger partial charge on any atom is 0.255 e. The molecule has 6 nitrogen and oxygen atoms in total. The minimum Gasteiger partial charge on any atom is -0.356 e. The van der Waals surface area contributed by atoms with Crippen molar-refractivity contribution in [1.29, 1.82) is 0 Å². The Morgan fingerprint density at radius 2 is 1.53 bits per heavy atom. The van der Waals surface area contributed by atoms with Crippen LogP contribution < -0.4 is 10.6 Å². The van der Waals surface area contributed by atoms with E-state index in [2.05, 4.69) is 10.6 Å². The zero-order valence-corrected chi connectivity index (χ0v) is 20.0. The lowest BCUT2D eigenvalue weighted by atomic mass is 9.89. The molecule has 0 radical (unpaired) electrons. The third-order valence-electron chi connectivity index (χ3n) is 7.07. The van der Waals surface area contributed by atoms with E-state index in [0.717, 1.165) is 24.9 Å². The summed E-state index contributed by atoms with van der Waals surface area (Å²) in [4.78, 5) is 40.0. The van der Waals surface area contributed by atoms with E-state index in [4.69, 9.17) is 0 Å². The Hall–Kier alpha value is -3.15. The van der Waals surface area contributed by atoms with Crippen molar-refractivity contribution in [2.45, 2.75) is 51.9 Å². The van der Waals surface area contributed by atoms with Crippen molar-refractivity contribution in [1.82, 2.24) is 10.2 Å². The summed E-state index contributed by atoms with van der Waals surface area (Å²) < 4.78 is 0. The first kappa shape index (κ1) is 24.0. The first-order valence-corrected chi connectivity index (χ1v) is 12.5. The Kier molecular flexibility index (Phi) is 7.99. The smallest absolute Gasteiger partial charge is 0.255 e. The Morgan fingerprint density at radius 1 is 0.853 bits per heavy atom. The molecule has 1 heterocycles. The average molecular weight is 462 g/mol. The van der Waals surface area contributed by atoms with Crippen molar-refractivity contribution in [3.8, 4) is 0 Å². The van der Waals surface area contributed by atoms with Gasteiger partial charge in [-0.15, -0.1) is 0 Å². The number of piperidine rings is 1. The second-order valence-corrected chi connectivity index (χ2v) is 9.74. The van der Waals surface area contributed by atoms with Crippen LogP contribution in [0.15, 0.2) is 48.5 Å². The topological polar surface area (TPSA) is 78.5 Å². The quantitative estimate of drug-likeness (QED) is 0.649. The van der Waals surface area contributed by atoms with Crippen molar-refractivity contribution < 1.29 is 14.4 Å². The van der Waals surface area contributed by atoms with Crippen molar-refractivity contribution in [3.63, 3.8) is 0 Å². The van der Waals surface area contributed by atoms with E-state index in [1.54, 1.807) is 41.3 Å². The molecule has 1 aliphatic heterocycles. The van der Waals surface area contributed by atoms with Crippen LogP contribution in [-0.2, 0) is 4.79 Å². The lowest BCUT2D eigenvalue weighted by molar-refractivity contribution is -0.126. The van der Waals surface area contributed by atoms with Crippen LogP contribution in [-0.4, -0.2) is 42.3 Å². The molecule has 2 aromatic carbocycles. The van der Waals surface area contributed by atoms with E-state index < -0.39 is 0 Å². The van der Waals surface area contributed by atoms with Gasteiger partial charge in [0.1, 0.15) is 0 Å². The standard InChI is InChI=1S/C28H35N3O3/c1-20-9-11-22(12-10-20)27(33)30-25-15-13-23(14-16-25)28(34)31-17-5-8-24(19-31)26(32)29-18-21-6-3-2-4-7-21/h9-16,21,24H,2-8,17-19H2,1H3,(H,29,32)(H,30,33)/t24-/m0/s1. The molecule has 0 bridgehead atoms. The third-order valence-corrected chi connectivity index (χ3v) is 7.07. The van der Waals surface area contributed by atoms with Crippen LogP contribution in [0.4, 0.5) is 5.69 Å². The molecular weight excluding hydrogens is 426 g/mol. The highest BCUT2D eigenvalue weighted by Gasteiger charge is 2.29. The van der Waals surface area contributed by atoms with Gasteiger partial charge in [-0.3, -0.25) is 14.4 Å². The molecule has 2 aliphatic rings. The summed E-state index contributed by atoms with van der Waals surface area (Å²) in [5, 5.41) is 6.02. The van der Waals surface area contributed by atoms with Crippen LogP contribution in [0.1, 0.15) is 71.2 Å².